The van der Waals surface area contributed by atoms with Crippen molar-refractivity contribution >= 4 is 5.97 Å². The summed E-state index contributed by atoms with van der Waals surface area (Å²) in [6.07, 6.45) is 0.188. The van der Waals surface area contributed by atoms with Crippen LogP contribution in [-0.4, -0.2) is 30.6 Å². The molecule has 1 aromatic rings. The summed E-state index contributed by atoms with van der Waals surface area (Å²) >= 11 is 0. The normalized spacial score (nSPS) is 14.4. The summed E-state index contributed by atoms with van der Waals surface area (Å²) in [7, 11) is 1.34. The van der Waals surface area contributed by atoms with Crippen molar-refractivity contribution in [2.45, 2.75) is 19.1 Å². The van der Waals surface area contributed by atoms with Gasteiger partial charge in [0.1, 0.15) is 0 Å². The van der Waals surface area contributed by atoms with Gasteiger partial charge in [-0.05, 0) is 12.5 Å². The second kappa shape index (κ2) is 5.63. The Kier molecular flexibility index (Phi) is 4.46. The van der Waals surface area contributed by atoms with Crippen LogP contribution in [0.5, 0.6) is 0 Å². The minimum absolute atomic E-state index is 0.188. The first-order valence-corrected chi connectivity index (χ1v) is 5.11. The van der Waals surface area contributed by atoms with Gasteiger partial charge in [-0.25, -0.2) is 4.79 Å². The van der Waals surface area contributed by atoms with Gasteiger partial charge in [0.25, 0.3) is 5.79 Å². The van der Waals surface area contributed by atoms with Gasteiger partial charge in [-0.15, -0.1) is 0 Å². The first-order chi connectivity index (χ1) is 7.64. The third-order valence-electron chi connectivity index (χ3n) is 2.31. The second-order valence-corrected chi connectivity index (χ2v) is 3.36. The molecule has 16 heavy (non-hydrogen) atoms. The van der Waals surface area contributed by atoms with E-state index in [1.807, 2.05) is 30.3 Å². The fourth-order valence-electron chi connectivity index (χ4n) is 1.50. The van der Waals surface area contributed by atoms with Crippen molar-refractivity contribution in [1.29, 1.82) is 0 Å². The van der Waals surface area contributed by atoms with Crippen LogP contribution in [0, 0.1) is 0 Å². The third kappa shape index (κ3) is 2.81. The highest BCUT2D eigenvalue weighted by Crippen LogP contribution is 2.19. The number of rotatable bonds is 6. The van der Waals surface area contributed by atoms with Crippen molar-refractivity contribution in [3.63, 3.8) is 0 Å². The molecule has 0 aliphatic carbocycles. The Bertz CT molecular complexity index is 336. The smallest absolute Gasteiger partial charge is 0.364 e. The summed E-state index contributed by atoms with van der Waals surface area (Å²) in [6, 6.07) is 9.26. The van der Waals surface area contributed by atoms with Crippen LogP contribution in [0.2, 0.25) is 0 Å². The average molecular weight is 224 g/mol. The SMILES string of the molecule is CCOC(Cc1ccccc1)(OC)C(=O)O. The maximum atomic E-state index is 11.2. The molecule has 0 amide bonds. The Morgan fingerprint density at radius 2 is 2.00 bits per heavy atom. The predicted molar refractivity (Wildman–Crippen MR) is 59.1 cm³/mol. The summed E-state index contributed by atoms with van der Waals surface area (Å²) in [5, 5.41) is 9.17. The molecule has 0 radical (unpaired) electrons. The number of methoxy groups -OCH3 is 1. The molecule has 0 bridgehead atoms. The topological polar surface area (TPSA) is 55.8 Å². The lowest BCUT2D eigenvalue weighted by Crippen LogP contribution is -2.45. The molecule has 4 nitrogen and oxygen atoms in total. The van der Waals surface area contributed by atoms with Crippen molar-refractivity contribution in [2.24, 2.45) is 0 Å². The first kappa shape index (κ1) is 12.7. The van der Waals surface area contributed by atoms with Gasteiger partial charge < -0.3 is 14.6 Å². The highest BCUT2D eigenvalue weighted by molar-refractivity contribution is 5.76. The standard InChI is InChI=1S/C12H16O4/c1-3-16-12(15-2,11(13)14)9-10-7-5-4-6-8-10/h4-8H,3,9H2,1-2H3,(H,13,14). The highest BCUT2D eigenvalue weighted by atomic mass is 16.7. The third-order valence-corrected chi connectivity index (χ3v) is 2.31. The number of aliphatic carboxylic acids is 1. The summed E-state index contributed by atoms with van der Waals surface area (Å²) in [6.45, 7) is 2.02. The summed E-state index contributed by atoms with van der Waals surface area (Å²) in [4.78, 5) is 11.2. The van der Waals surface area contributed by atoms with Gasteiger partial charge >= 0.3 is 5.97 Å². The fraction of sp³-hybridized carbons (Fsp3) is 0.417. The molecule has 0 aliphatic rings. The maximum Gasteiger partial charge on any atom is 0.364 e. The number of benzene rings is 1. The van der Waals surface area contributed by atoms with Gasteiger partial charge in [0.05, 0.1) is 0 Å². The van der Waals surface area contributed by atoms with Crippen LogP contribution in [0.1, 0.15) is 12.5 Å². The van der Waals surface area contributed by atoms with Crippen molar-refractivity contribution in [3.05, 3.63) is 35.9 Å². The van der Waals surface area contributed by atoms with Gasteiger partial charge in [-0.3, -0.25) is 0 Å². The van der Waals surface area contributed by atoms with Crippen molar-refractivity contribution in [1.82, 2.24) is 0 Å². The largest absolute Gasteiger partial charge is 0.477 e. The van der Waals surface area contributed by atoms with E-state index < -0.39 is 11.8 Å². The number of hydrogen-bond donors (Lipinski definition) is 1. The Morgan fingerprint density at radius 3 is 2.44 bits per heavy atom. The number of ether oxygens (including phenoxy) is 2. The van der Waals surface area contributed by atoms with Gasteiger partial charge in [0.2, 0.25) is 0 Å². The zero-order chi connectivity index (χ0) is 12.0. The average Bonchev–Trinajstić information content (AvgIpc) is 2.29. The van der Waals surface area contributed by atoms with Gasteiger partial charge in [0.15, 0.2) is 0 Å². The quantitative estimate of drug-likeness (QED) is 0.747. The Morgan fingerprint density at radius 1 is 1.38 bits per heavy atom. The molecule has 0 aromatic heterocycles. The second-order valence-electron chi connectivity index (χ2n) is 3.36. The molecule has 1 aromatic carbocycles. The van der Waals surface area contributed by atoms with E-state index in [0.29, 0.717) is 0 Å². The molecular weight excluding hydrogens is 208 g/mol. The molecule has 0 spiro atoms. The summed E-state index contributed by atoms with van der Waals surface area (Å²) in [5.41, 5.74) is 0.861. The maximum absolute atomic E-state index is 11.2. The molecule has 1 N–H and O–H groups in total. The zero-order valence-electron chi connectivity index (χ0n) is 9.47. The number of carboxylic acids is 1. The number of carboxylic acid groups (broad SMARTS) is 1. The lowest BCUT2D eigenvalue weighted by Gasteiger charge is -2.27. The molecule has 0 saturated heterocycles. The van der Waals surface area contributed by atoms with E-state index in [1.54, 1.807) is 6.92 Å². The van der Waals surface area contributed by atoms with Crippen molar-refractivity contribution < 1.29 is 19.4 Å². The molecule has 1 atom stereocenters. The molecule has 0 heterocycles. The lowest BCUT2D eigenvalue weighted by atomic mass is 10.1. The van der Waals surface area contributed by atoms with E-state index in [1.165, 1.54) is 7.11 Å². The van der Waals surface area contributed by atoms with E-state index in [9.17, 15) is 4.79 Å². The molecule has 4 heteroatoms. The van der Waals surface area contributed by atoms with Crippen LogP contribution in [0.3, 0.4) is 0 Å². The fourth-order valence-corrected chi connectivity index (χ4v) is 1.50. The predicted octanol–water partition coefficient (Wildman–Crippen LogP) is 1.69. The molecule has 1 unspecified atom stereocenters. The minimum Gasteiger partial charge on any atom is -0.477 e. The van der Waals surface area contributed by atoms with Crippen molar-refractivity contribution in [3.8, 4) is 0 Å². The Hall–Kier alpha value is -1.39. The number of carbonyl (C=O) groups is 1. The monoisotopic (exact) mass is 224 g/mol. The van der Waals surface area contributed by atoms with Gasteiger partial charge in [0, 0.05) is 20.1 Å². The molecule has 0 aliphatic heterocycles. The molecule has 0 saturated carbocycles. The number of hydrogen-bond acceptors (Lipinski definition) is 3. The van der Waals surface area contributed by atoms with E-state index >= 15 is 0 Å². The summed E-state index contributed by atoms with van der Waals surface area (Å²) in [5.74, 6) is -2.70. The van der Waals surface area contributed by atoms with Crippen LogP contribution < -0.4 is 0 Å². The summed E-state index contributed by atoms with van der Waals surface area (Å²) < 4.78 is 10.2. The first-order valence-electron chi connectivity index (χ1n) is 5.11. The van der Waals surface area contributed by atoms with E-state index in [2.05, 4.69) is 0 Å². The Labute approximate surface area is 94.8 Å². The van der Waals surface area contributed by atoms with Crippen molar-refractivity contribution in [2.75, 3.05) is 13.7 Å². The Balaban J connectivity index is 2.90. The van der Waals surface area contributed by atoms with Crippen LogP contribution in [0.15, 0.2) is 30.3 Å². The van der Waals surface area contributed by atoms with Crippen LogP contribution in [0.25, 0.3) is 0 Å². The zero-order valence-corrected chi connectivity index (χ0v) is 9.47. The molecule has 0 fully saturated rings. The van der Waals surface area contributed by atoms with Crippen LogP contribution in [0.4, 0.5) is 0 Å². The van der Waals surface area contributed by atoms with Gasteiger partial charge in [-0.2, -0.15) is 0 Å². The van der Waals surface area contributed by atoms with E-state index in [4.69, 9.17) is 14.6 Å². The molecule has 88 valence electrons. The molecular formula is C12H16O4. The molecule has 1 rings (SSSR count). The minimum atomic E-state index is -1.59. The van der Waals surface area contributed by atoms with E-state index in [0.717, 1.165) is 5.56 Å². The van der Waals surface area contributed by atoms with Crippen LogP contribution in [-0.2, 0) is 20.7 Å². The van der Waals surface area contributed by atoms with Crippen LogP contribution >= 0.6 is 0 Å². The highest BCUT2D eigenvalue weighted by Gasteiger charge is 2.39. The van der Waals surface area contributed by atoms with Gasteiger partial charge in [-0.1, -0.05) is 30.3 Å². The van der Waals surface area contributed by atoms with E-state index in [-0.39, 0.29) is 13.0 Å². The lowest BCUT2D eigenvalue weighted by molar-refractivity contribution is -0.232.